The van der Waals surface area contributed by atoms with Gasteiger partial charge in [-0.05, 0) is 48.4 Å². The molecule has 1 unspecified atom stereocenters. The van der Waals surface area contributed by atoms with Crippen LogP contribution in [0.4, 0.5) is 0 Å². The summed E-state index contributed by atoms with van der Waals surface area (Å²) < 4.78 is 7.26. The highest BCUT2D eigenvalue weighted by atomic mass is 32.1. The van der Waals surface area contributed by atoms with Gasteiger partial charge in [-0.3, -0.25) is 4.90 Å². The van der Waals surface area contributed by atoms with E-state index in [0.29, 0.717) is 6.61 Å². The van der Waals surface area contributed by atoms with Gasteiger partial charge in [-0.1, -0.05) is 54.6 Å². The number of hydrogen-bond acceptors (Lipinski definition) is 5. The minimum absolute atomic E-state index is 0.167. The number of thiazole rings is 1. The van der Waals surface area contributed by atoms with Gasteiger partial charge < -0.3 is 10.1 Å². The van der Waals surface area contributed by atoms with E-state index >= 15 is 0 Å². The Balaban J connectivity index is 1.41. The highest BCUT2D eigenvalue weighted by Crippen LogP contribution is 2.35. The third kappa shape index (κ3) is 4.79. The molecule has 0 radical (unpaired) electrons. The number of hydrogen-bond donors (Lipinski definition) is 1. The molecule has 2 heterocycles. The summed E-state index contributed by atoms with van der Waals surface area (Å²) in [5, 5.41) is 4.69. The third-order valence-corrected chi connectivity index (χ3v) is 6.82. The van der Waals surface area contributed by atoms with E-state index in [1.54, 1.807) is 0 Å². The van der Waals surface area contributed by atoms with Crippen LogP contribution in [0, 0.1) is 0 Å². The van der Waals surface area contributed by atoms with Crippen LogP contribution in [0.15, 0.2) is 78.9 Å². The monoisotopic (exact) mass is 429 g/mol. The number of rotatable bonds is 6. The van der Waals surface area contributed by atoms with Crippen LogP contribution in [-0.4, -0.2) is 36.1 Å². The summed E-state index contributed by atoms with van der Waals surface area (Å²) in [6, 6.07) is 27.5. The molecule has 4 nitrogen and oxygen atoms in total. The second-order valence-corrected chi connectivity index (χ2v) is 8.97. The van der Waals surface area contributed by atoms with Crippen molar-refractivity contribution >= 4 is 21.6 Å². The molecule has 0 amide bonds. The summed E-state index contributed by atoms with van der Waals surface area (Å²) in [6.45, 7) is 4.76. The molecule has 3 aromatic carbocycles. The van der Waals surface area contributed by atoms with Gasteiger partial charge in [0.15, 0.2) is 0 Å². The number of nitrogens with zero attached hydrogens (tertiary/aromatic N) is 2. The van der Waals surface area contributed by atoms with Crippen LogP contribution in [0.5, 0.6) is 5.75 Å². The van der Waals surface area contributed by atoms with Crippen LogP contribution < -0.4 is 10.1 Å². The zero-order chi connectivity index (χ0) is 20.9. The average Bonchev–Trinajstić information content (AvgIpc) is 3.06. The third-order valence-electron chi connectivity index (χ3n) is 5.73. The van der Waals surface area contributed by atoms with E-state index in [4.69, 9.17) is 9.72 Å². The van der Waals surface area contributed by atoms with Gasteiger partial charge in [0.25, 0.3) is 0 Å². The first-order valence-corrected chi connectivity index (χ1v) is 11.8. The maximum absolute atomic E-state index is 6.01. The Bertz CT molecular complexity index is 1070. The minimum atomic E-state index is 0.167. The van der Waals surface area contributed by atoms with Crippen LogP contribution in [-0.2, 0) is 6.61 Å². The Labute approximate surface area is 187 Å². The maximum atomic E-state index is 6.01. The summed E-state index contributed by atoms with van der Waals surface area (Å²) >= 11 is 1.81. The molecule has 0 aliphatic carbocycles. The van der Waals surface area contributed by atoms with Gasteiger partial charge in [-0.2, -0.15) is 0 Å². The zero-order valence-corrected chi connectivity index (χ0v) is 18.4. The number of ether oxygens (including phenoxy) is 1. The predicted octanol–water partition coefficient (Wildman–Crippen LogP) is 5.26. The lowest BCUT2D eigenvalue weighted by molar-refractivity contribution is 0.240. The fourth-order valence-electron chi connectivity index (χ4n) is 4.13. The molecule has 0 spiro atoms. The molecule has 1 saturated heterocycles. The molecular weight excluding hydrogens is 402 g/mol. The molecule has 31 heavy (non-hydrogen) atoms. The van der Waals surface area contributed by atoms with Crippen molar-refractivity contribution in [2.75, 3.05) is 26.2 Å². The highest BCUT2D eigenvalue weighted by molar-refractivity contribution is 7.18. The first-order chi connectivity index (χ1) is 15.4. The number of para-hydroxylation sites is 1. The lowest BCUT2D eigenvalue weighted by Crippen LogP contribution is -2.33. The van der Waals surface area contributed by atoms with E-state index in [2.05, 4.69) is 70.9 Å². The van der Waals surface area contributed by atoms with Crippen molar-refractivity contribution in [3.8, 4) is 5.75 Å². The molecule has 5 heteroatoms. The van der Waals surface area contributed by atoms with E-state index in [0.717, 1.165) is 43.9 Å². The fraction of sp³-hybridized carbons (Fsp3) is 0.269. The lowest BCUT2D eigenvalue weighted by Gasteiger charge is -2.29. The Kier molecular flexibility index (Phi) is 6.25. The van der Waals surface area contributed by atoms with Crippen molar-refractivity contribution in [2.24, 2.45) is 0 Å². The normalized spacial score (nSPS) is 16.1. The molecule has 5 rings (SSSR count). The molecule has 1 atom stereocenters. The molecular formula is C26H27N3OS. The van der Waals surface area contributed by atoms with Crippen molar-refractivity contribution in [3.05, 3.63) is 95.0 Å². The number of fused-ring (bicyclic) bond motifs is 1. The quantitative estimate of drug-likeness (QED) is 0.454. The maximum Gasteiger partial charge on any atom is 0.119 e. The number of nitrogens with one attached hydrogen (secondary N) is 1. The molecule has 0 saturated carbocycles. The zero-order valence-electron chi connectivity index (χ0n) is 17.5. The van der Waals surface area contributed by atoms with Gasteiger partial charge in [-0.15, -0.1) is 11.3 Å². The van der Waals surface area contributed by atoms with Gasteiger partial charge in [0.2, 0.25) is 0 Å². The topological polar surface area (TPSA) is 37.4 Å². The van der Waals surface area contributed by atoms with Gasteiger partial charge in [0.05, 0.1) is 16.3 Å². The van der Waals surface area contributed by atoms with Gasteiger partial charge >= 0.3 is 0 Å². The first-order valence-electron chi connectivity index (χ1n) is 10.9. The Morgan fingerprint density at radius 1 is 0.903 bits per heavy atom. The molecule has 1 aliphatic rings. The second-order valence-electron chi connectivity index (χ2n) is 7.91. The lowest BCUT2D eigenvalue weighted by atomic mass is 10.0. The smallest absolute Gasteiger partial charge is 0.119 e. The van der Waals surface area contributed by atoms with Crippen LogP contribution in [0.3, 0.4) is 0 Å². The minimum Gasteiger partial charge on any atom is -0.489 e. The number of aromatic nitrogens is 1. The van der Waals surface area contributed by atoms with Gasteiger partial charge in [0, 0.05) is 19.6 Å². The molecule has 1 fully saturated rings. The van der Waals surface area contributed by atoms with Crippen LogP contribution >= 0.6 is 11.3 Å². The van der Waals surface area contributed by atoms with E-state index in [1.165, 1.54) is 20.8 Å². The Morgan fingerprint density at radius 3 is 2.55 bits per heavy atom. The largest absolute Gasteiger partial charge is 0.489 e. The highest BCUT2D eigenvalue weighted by Gasteiger charge is 2.26. The van der Waals surface area contributed by atoms with Gasteiger partial charge in [0.1, 0.15) is 17.4 Å². The van der Waals surface area contributed by atoms with Crippen LogP contribution in [0.25, 0.3) is 10.2 Å². The summed E-state index contributed by atoms with van der Waals surface area (Å²) in [7, 11) is 0. The van der Waals surface area contributed by atoms with E-state index in [-0.39, 0.29) is 6.04 Å². The molecule has 1 aliphatic heterocycles. The SMILES string of the molecule is c1ccc(COc2ccc(C(c3nc4ccccc4s3)N3CCCNCC3)cc2)cc1. The second kappa shape index (κ2) is 9.60. The Hall–Kier alpha value is -2.73. The van der Waals surface area contributed by atoms with Crippen LogP contribution in [0.2, 0.25) is 0 Å². The van der Waals surface area contributed by atoms with E-state index in [1.807, 2.05) is 29.5 Å². The average molecular weight is 430 g/mol. The summed E-state index contributed by atoms with van der Waals surface area (Å²) in [6.07, 6.45) is 1.15. The summed E-state index contributed by atoms with van der Waals surface area (Å²) in [4.78, 5) is 7.59. The molecule has 158 valence electrons. The molecule has 0 bridgehead atoms. The van der Waals surface area contributed by atoms with Crippen molar-refractivity contribution in [2.45, 2.75) is 19.1 Å². The Morgan fingerprint density at radius 2 is 1.71 bits per heavy atom. The van der Waals surface area contributed by atoms with Gasteiger partial charge in [-0.25, -0.2) is 4.98 Å². The van der Waals surface area contributed by atoms with Crippen molar-refractivity contribution in [1.82, 2.24) is 15.2 Å². The van der Waals surface area contributed by atoms with Crippen molar-refractivity contribution < 1.29 is 4.74 Å². The standard InChI is InChI=1S/C26H27N3OS/c1-2-7-20(8-3-1)19-30-22-13-11-21(12-14-22)25(29-17-6-15-27-16-18-29)26-28-23-9-4-5-10-24(23)31-26/h1-5,7-14,25,27H,6,15-19H2. The predicted molar refractivity (Wildman–Crippen MR) is 128 cm³/mol. The molecule has 4 aromatic rings. The summed E-state index contributed by atoms with van der Waals surface area (Å²) in [5.41, 5.74) is 3.53. The van der Waals surface area contributed by atoms with E-state index < -0.39 is 0 Å². The number of benzene rings is 3. The van der Waals surface area contributed by atoms with Crippen molar-refractivity contribution in [3.63, 3.8) is 0 Å². The summed E-state index contributed by atoms with van der Waals surface area (Å²) in [5.74, 6) is 0.896. The first kappa shape index (κ1) is 20.2. The van der Waals surface area contributed by atoms with E-state index in [9.17, 15) is 0 Å². The molecule has 1 aromatic heterocycles. The fourth-order valence-corrected chi connectivity index (χ4v) is 5.26. The van der Waals surface area contributed by atoms with Crippen LogP contribution in [0.1, 0.15) is 28.6 Å². The molecule has 1 N–H and O–H groups in total. The van der Waals surface area contributed by atoms with Crippen molar-refractivity contribution in [1.29, 1.82) is 0 Å².